The number of nitrogens with one attached hydrogen (secondary N) is 1. The highest BCUT2D eigenvalue weighted by Gasteiger charge is 2.18. The van der Waals surface area contributed by atoms with E-state index in [2.05, 4.69) is 5.32 Å². The number of carbonyl (C=O) groups excluding carboxylic acids is 1. The van der Waals surface area contributed by atoms with Crippen molar-refractivity contribution >= 4 is 5.91 Å². The lowest BCUT2D eigenvalue weighted by Gasteiger charge is -2.15. The van der Waals surface area contributed by atoms with E-state index >= 15 is 0 Å². The average Bonchev–Trinajstić information content (AvgIpc) is 2.31. The van der Waals surface area contributed by atoms with Gasteiger partial charge in [-0.15, -0.1) is 0 Å². The molecule has 0 radical (unpaired) electrons. The van der Waals surface area contributed by atoms with Crippen molar-refractivity contribution < 1.29 is 23.4 Å². The number of hydrogen-bond donors (Lipinski definition) is 2. The van der Waals surface area contributed by atoms with Gasteiger partial charge < -0.3 is 15.2 Å². The smallest absolute Gasteiger partial charge is 0.254 e. The third-order valence-electron chi connectivity index (χ3n) is 2.12. The molecule has 4 nitrogen and oxygen atoms in total. The molecule has 0 aromatic heterocycles. The van der Waals surface area contributed by atoms with Crippen LogP contribution in [0.15, 0.2) is 18.2 Å². The molecule has 0 fully saturated rings. The molecule has 2 N–H and O–H groups in total. The Hall–Kier alpha value is -1.53. The summed E-state index contributed by atoms with van der Waals surface area (Å²) in [5.41, 5.74) is -0.403. The number of amides is 1. The Balaban J connectivity index is 2.79. The summed E-state index contributed by atoms with van der Waals surface area (Å²) >= 11 is 0. The highest BCUT2D eigenvalue weighted by molar-refractivity contribution is 5.94. The van der Waals surface area contributed by atoms with Gasteiger partial charge in [-0.2, -0.15) is 0 Å². The molecule has 6 heteroatoms. The van der Waals surface area contributed by atoms with Gasteiger partial charge in [0.1, 0.15) is 0 Å². The van der Waals surface area contributed by atoms with Crippen molar-refractivity contribution in [2.75, 3.05) is 20.3 Å². The molecule has 1 rings (SSSR count). The second kappa shape index (κ2) is 6.27. The molecular weight excluding hydrogens is 232 g/mol. The Morgan fingerprint density at radius 2 is 2.24 bits per heavy atom. The highest BCUT2D eigenvalue weighted by atomic mass is 19.2. The Bertz CT molecular complexity index is 398. The predicted octanol–water partition coefficient (Wildman–Crippen LogP) is 0.702. The van der Waals surface area contributed by atoms with Gasteiger partial charge in [0, 0.05) is 7.11 Å². The number of benzene rings is 1. The summed E-state index contributed by atoms with van der Waals surface area (Å²) < 4.78 is 30.9. The van der Waals surface area contributed by atoms with Crippen molar-refractivity contribution in [3.63, 3.8) is 0 Å². The molecule has 0 spiro atoms. The van der Waals surface area contributed by atoms with Gasteiger partial charge in [-0.1, -0.05) is 6.07 Å². The van der Waals surface area contributed by atoms with Crippen LogP contribution < -0.4 is 5.32 Å². The van der Waals surface area contributed by atoms with Crippen molar-refractivity contribution in [2.24, 2.45) is 0 Å². The zero-order valence-corrected chi connectivity index (χ0v) is 9.24. The molecule has 1 aromatic carbocycles. The maximum absolute atomic E-state index is 13.3. The number of hydrogen-bond acceptors (Lipinski definition) is 3. The summed E-state index contributed by atoms with van der Waals surface area (Å²) in [6.07, 6.45) is 0. The Kier molecular flexibility index (Phi) is 4.99. The molecule has 0 saturated carbocycles. The fraction of sp³-hybridized carbons (Fsp3) is 0.364. The van der Waals surface area contributed by atoms with Crippen LogP contribution in [-0.2, 0) is 4.74 Å². The summed E-state index contributed by atoms with van der Waals surface area (Å²) in [6, 6.07) is 2.66. The molecule has 1 aromatic rings. The third-order valence-corrected chi connectivity index (χ3v) is 2.12. The van der Waals surface area contributed by atoms with Crippen molar-refractivity contribution in [1.82, 2.24) is 5.32 Å². The van der Waals surface area contributed by atoms with Crippen LogP contribution in [0.25, 0.3) is 0 Å². The van der Waals surface area contributed by atoms with Gasteiger partial charge in [0.05, 0.1) is 24.8 Å². The minimum atomic E-state index is -1.21. The topological polar surface area (TPSA) is 58.6 Å². The van der Waals surface area contributed by atoms with E-state index in [1.54, 1.807) is 0 Å². The normalized spacial score (nSPS) is 12.2. The fourth-order valence-corrected chi connectivity index (χ4v) is 1.28. The maximum Gasteiger partial charge on any atom is 0.254 e. The van der Waals surface area contributed by atoms with Gasteiger partial charge in [-0.25, -0.2) is 8.78 Å². The molecule has 0 aliphatic rings. The van der Waals surface area contributed by atoms with E-state index in [1.807, 2.05) is 0 Å². The van der Waals surface area contributed by atoms with Crippen LogP contribution in [0.4, 0.5) is 8.78 Å². The van der Waals surface area contributed by atoms with Crippen LogP contribution >= 0.6 is 0 Å². The third kappa shape index (κ3) is 3.47. The van der Waals surface area contributed by atoms with Crippen molar-refractivity contribution in [3.8, 4) is 0 Å². The second-order valence-electron chi connectivity index (χ2n) is 3.41. The molecule has 0 heterocycles. The summed E-state index contributed by atoms with van der Waals surface area (Å²) in [4.78, 5) is 11.6. The first-order valence-corrected chi connectivity index (χ1v) is 4.94. The minimum absolute atomic E-state index is 0.0825. The van der Waals surface area contributed by atoms with Crippen LogP contribution in [-0.4, -0.2) is 37.4 Å². The van der Waals surface area contributed by atoms with Gasteiger partial charge in [0.25, 0.3) is 5.91 Å². The Morgan fingerprint density at radius 1 is 1.53 bits per heavy atom. The van der Waals surface area contributed by atoms with Crippen molar-refractivity contribution in [2.45, 2.75) is 6.04 Å². The first-order valence-electron chi connectivity index (χ1n) is 4.94. The molecule has 0 aliphatic heterocycles. The first-order chi connectivity index (χ1) is 8.10. The van der Waals surface area contributed by atoms with E-state index < -0.39 is 29.1 Å². The minimum Gasteiger partial charge on any atom is -0.394 e. The summed E-state index contributed by atoms with van der Waals surface area (Å²) in [5.74, 6) is -3.10. The van der Waals surface area contributed by atoms with E-state index in [9.17, 15) is 13.6 Å². The van der Waals surface area contributed by atoms with Crippen LogP contribution in [0.3, 0.4) is 0 Å². The monoisotopic (exact) mass is 245 g/mol. The summed E-state index contributed by atoms with van der Waals surface area (Å²) in [7, 11) is 1.40. The number of halogens is 2. The Morgan fingerprint density at radius 3 is 2.82 bits per heavy atom. The van der Waals surface area contributed by atoms with Crippen LogP contribution in [0.2, 0.25) is 0 Å². The van der Waals surface area contributed by atoms with Gasteiger partial charge >= 0.3 is 0 Å². The lowest BCUT2D eigenvalue weighted by molar-refractivity contribution is 0.0835. The van der Waals surface area contributed by atoms with E-state index in [-0.39, 0.29) is 13.2 Å². The van der Waals surface area contributed by atoms with Gasteiger partial charge in [-0.05, 0) is 12.1 Å². The largest absolute Gasteiger partial charge is 0.394 e. The summed E-state index contributed by atoms with van der Waals surface area (Å²) in [6.45, 7) is -0.268. The lowest BCUT2D eigenvalue weighted by atomic mass is 10.2. The number of carbonyl (C=O) groups is 1. The quantitative estimate of drug-likeness (QED) is 0.803. The predicted molar refractivity (Wildman–Crippen MR) is 56.6 cm³/mol. The van der Waals surface area contributed by atoms with E-state index in [0.29, 0.717) is 0 Å². The number of ether oxygens (including phenoxy) is 1. The molecule has 0 aliphatic carbocycles. The molecule has 1 atom stereocenters. The number of aliphatic hydroxyl groups is 1. The van der Waals surface area contributed by atoms with Crippen LogP contribution in [0, 0.1) is 11.6 Å². The van der Waals surface area contributed by atoms with Crippen LogP contribution in [0.5, 0.6) is 0 Å². The zero-order chi connectivity index (χ0) is 12.8. The maximum atomic E-state index is 13.3. The van der Waals surface area contributed by atoms with E-state index in [1.165, 1.54) is 13.2 Å². The van der Waals surface area contributed by atoms with Gasteiger partial charge in [0.2, 0.25) is 0 Å². The van der Waals surface area contributed by atoms with Crippen molar-refractivity contribution in [1.29, 1.82) is 0 Å². The Labute approximate surface area is 97.2 Å². The second-order valence-corrected chi connectivity index (χ2v) is 3.41. The standard InChI is InChI=1S/C11H13F2NO3/c1-17-6-7(5-15)14-11(16)8-3-2-4-9(12)10(8)13/h2-4,7,15H,5-6H2,1H3,(H,14,16). The molecule has 0 saturated heterocycles. The number of rotatable bonds is 5. The lowest BCUT2D eigenvalue weighted by Crippen LogP contribution is -2.41. The van der Waals surface area contributed by atoms with E-state index in [4.69, 9.17) is 9.84 Å². The van der Waals surface area contributed by atoms with Crippen LogP contribution in [0.1, 0.15) is 10.4 Å². The zero-order valence-electron chi connectivity index (χ0n) is 9.24. The first kappa shape index (κ1) is 13.5. The average molecular weight is 245 g/mol. The molecular formula is C11H13F2NO3. The van der Waals surface area contributed by atoms with Gasteiger partial charge in [-0.3, -0.25) is 4.79 Å². The highest BCUT2D eigenvalue weighted by Crippen LogP contribution is 2.11. The SMILES string of the molecule is COCC(CO)NC(=O)c1cccc(F)c1F. The van der Waals surface area contributed by atoms with E-state index in [0.717, 1.165) is 12.1 Å². The molecule has 0 bridgehead atoms. The fourth-order valence-electron chi connectivity index (χ4n) is 1.28. The molecule has 94 valence electrons. The molecule has 1 amide bonds. The molecule has 1 unspecified atom stereocenters. The number of methoxy groups -OCH3 is 1. The van der Waals surface area contributed by atoms with Gasteiger partial charge in [0.15, 0.2) is 11.6 Å². The summed E-state index contributed by atoms with van der Waals surface area (Å²) in [5, 5.41) is 11.2. The van der Waals surface area contributed by atoms with Crippen molar-refractivity contribution in [3.05, 3.63) is 35.4 Å². The number of aliphatic hydroxyl groups excluding tert-OH is 1. The molecule has 17 heavy (non-hydrogen) atoms.